The summed E-state index contributed by atoms with van der Waals surface area (Å²) < 4.78 is 5.21. The lowest BCUT2D eigenvalue weighted by Gasteiger charge is -2.43. The number of nitrogens with one attached hydrogen (secondary N) is 1. The molecule has 0 aromatic heterocycles. The third-order valence-electron chi connectivity index (χ3n) is 5.11. The second kappa shape index (κ2) is 7.28. The maximum Gasteiger partial charge on any atom is 0.118 e. The summed E-state index contributed by atoms with van der Waals surface area (Å²) in [7, 11) is 1.69. The minimum absolute atomic E-state index is 0.336. The van der Waals surface area contributed by atoms with E-state index >= 15 is 0 Å². The van der Waals surface area contributed by atoms with Crippen LogP contribution in [0.2, 0.25) is 0 Å². The first-order valence-electron chi connectivity index (χ1n) is 8.21. The molecular weight excluding hydrogens is 262 g/mol. The molecule has 1 aliphatic heterocycles. The SMILES string of the molecule is CCC(O)(CC)[C@@H]1CCCN[C@@H]1Cc1ccc(OC)cc1. The molecule has 0 unspecified atom stereocenters. The first-order chi connectivity index (χ1) is 10.1. The van der Waals surface area contributed by atoms with Gasteiger partial charge in [0.05, 0.1) is 12.7 Å². The highest BCUT2D eigenvalue weighted by Crippen LogP contribution is 2.34. The number of methoxy groups -OCH3 is 1. The van der Waals surface area contributed by atoms with Crippen LogP contribution >= 0.6 is 0 Å². The van der Waals surface area contributed by atoms with Crippen molar-refractivity contribution in [2.45, 2.75) is 57.6 Å². The van der Waals surface area contributed by atoms with Crippen molar-refractivity contribution in [1.29, 1.82) is 0 Å². The molecule has 0 spiro atoms. The second-order valence-corrected chi connectivity index (χ2v) is 6.17. The molecule has 1 aromatic carbocycles. The van der Waals surface area contributed by atoms with Crippen molar-refractivity contribution in [3.63, 3.8) is 0 Å². The van der Waals surface area contributed by atoms with Gasteiger partial charge in [-0.15, -0.1) is 0 Å². The van der Waals surface area contributed by atoms with Crippen LogP contribution in [0.1, 0.15) is 45.1 Å². The highest BCUT2D eigenvalue weighted by atomic mass is 16.5. The Labute approximate surface area is 128 Å². The van der Waals surface area contributed by atoms with Gasteiger partial charge in [0.15, 0.2) is 0 Å². The van der Waals surface area contributed by atoms with Gasteiger partial charge in [-0.1, -0.05) is 26.0 Å². The third-order valence-corrected chi connectivity index (χ3v) is 5.11. The van der Waals surface area contributed by atoms with Crippen molar-refractivity contribution in [2.24, 2.45) is 5.92 Å². The molecule has 118 valence electrons. The van der Waals surface area contributed by atoms with Crippen molar-refractivity contribution in [1.82, 2.24) is 5.32 Å². The van der Waals surface area contributed by atoms with Crippen LogP contribution in [0.3, 0.4) is 0 Å². The van der Waals surface area contributed by atoms with Crippen molar-refractivity contribution in [3.8, 4) is 5.75 Å². The van der Waals surface area contributed by atoms with Gasteiger partial charge in [-0.2, -0.15) is 0 Å². The Morgan fingerprint density at radius 2 is 1.90 bits per heavy atom. The fraction of sp³-hybridized carbons (Fsp3) is 0.667. The topological polar surface area (TPSA) is 41.5 Å². The summed E-state index contributed by atoms with van der Waals surface area (Å²) in [5.41, 5.74) is 0.764. The van der Waals surface area contributed by atoms with Crippen molar-refractivity contribution < 1.29 is 9.84 Å². The van der Waals surface area contributed by atoms with E-state index in [-0.39, 0.29) is 0 Å². The molecule has 2 N–H and O–H groups in total. The van der Waals surface area contributed by atoms with Gasteiger partial charge < -0.3 is 15.2 Å². The van der Waals surface area contributed by atoms with Gasteiger partial charge in [0.1, 0.15) is 5.75 Å². The van der Waals surface area contributed by atoms with Crippen LogP contribution < -0.4 is 10.1 Å². The monoisotopic (exact) mass is 291 g/mol. The van der Waals surface area contributed by atoms with E-state index < -0.39 is 5.60 Å². The van der Waals surface area contributed by atoms with E-state index in [0.717, 1.165) is 44.4 Å². The summed E-state index contributed by atoms with van der Waals surface area (Å²) >= 11 is 0. The Bertz CT molecular complexity index is 425. The molecule has 0 amide bonds. The Balaban J connectivity index is 2.11. The van der Waals surface area contributed by atoms with Crippen LogP contribution in [0, 0.1) is 5.92 Å². The van der Waals surface area contributed by atoms with Crippen LogP contribution in [0.5, 0.6) is 5.75 Å². The van der Waals surface area contributed by atoms with E-state index in [1.165, 1.54) is 5.56 Å². The average Bonchev–Trinajstić information content (AvgIpc) is 2.55. The Hall–Kier alpha value is -1.06. The number of benzene rings is 1. The first-order valence-corrected chi connectivity index (χ1v) is 8.21. The zero-order valence-corrected chi connectivity index (χ0v) is 13.6. The number of piperidine rings is 1. The summed E-state index contributed by atoms with van der Waals surface area (Å²) in [5, 5.41) is 14.6. The van der Waals surface area contributed by atoms with Gasteiger partial charge in [-0.3, -0.25) is 0 Å². The van der Waals surface area contributed by atoms with E-state index in [2.05, 4.69) is 31.3 Å². The van der Waals surface area contributed by atoms with Crippen molar-refractivity contribution >= 4 is 0 Å². The molecule has 2 atom stereocenters. The van der Waals surface area contributed by atoms with Gasteiger partial charge in [-0.25, -0.2) is 0 Å². The molecule has 0 radical (unpaired) electrons. The quantitative estimate of drug-likeness (QED) is 0.846. The minimum Gasteiger partial charge on any atom is -0.497 e. The highest BCUT2D eigenvalue weighted by Gasteiger charge is 2.39. The van der Waals surface area contributed by atoms with Gasteiger partial charge in [0, 0.05) is 12.0 Å². The van der Waals surface area contributed by atoms with Gasteiger partial charge in [0.2, 0.25) is 0 Å². The normalized spacial score (nSPS) is 23.0. The van der Waals surface area contributed by atoms with E-state index in [4.69, 9.17) is 4.74 Å². The lowest BCUT2D eigenvalue weighted by molar-refractivity contribution is -0.0509. The molecule has 0 aliphatic carbocycles. The summed E-state index contributed by atoms with van der Waals surface area (Å²) in [4.78, 5) is 0. The summed E-state index contributed by atoms with van der Waals surface area (Å²) in [6.45, 7) is 5.26. The Morgan fingerprint density at radius 3 is 2.48 bits per heavy atom. The molecule has 1 heterocycles. The largest absolute Gasteiger partial charge is 0.497 e. The first kappa shape index (κ1) is 16.3. The number of rotatable bonds is 6. The van der Waals surface area contributed by atoms with Crippen LogP contribution in [0.4, 0.5) is 0 Å². The average molecular weight is 291 g/mol. The summed E-state index contributed by atoms with van der Waals surface area (Å²) in [6.07, 6.45) is 4.90. The summed E-state index contributed by atoms with van der Waals surface area (Å²) in [6, 6.07) is 8.64. The molecule has 1 aliphatic rings. The van der Waals surface area contributed by atoms with Crippen molar-refractivity contribution in [2.75, 3.05) is 13.7 Å². The maximum atomic E-state index is 10.9. The van der Waals surface area contributed by atoms with E-state index in [1.807, 2.05) is 12.1 Å². The highest BCUT2D eigenvalue weighted by molar-refractivity contribution is 5.28. The van der Waals surface area contributed by atoms with E-state index in [9.17, 15) is 5.11 Å². The van der Waals surface area contributed by atoms with Gasteiger partial charge in [0.25, 0.3) is 0 Å². The molecule has 1 aromatic rings. The lowest BCUT2D eigenvalue weighted by Crippen LogP contribution is -2.53. The molecule has 0 bridgehead atoms. The molecule has 1 saturated heterocycles. The molecule has 2 rings (SSSR count). The Kier molecular flexibility index (Phi) is 5.65. The smallest absolute Gasteiger partial charge is 0.118 e. The molecular formula is C18H29NO2. The maximum absolute atomic E-state index is 10.9. The number of aliphatic hydroxyl groups is 1. The molecule has 1 fully saturated rings. The molecule has 3 nitrogen and oxygen atoms in total. The Morgan fingerprint density at radius 1 is 1.24 bits per heavy atom. The summed E-state index contributed by atoms with van der Waals surface area (Å²) in [5.74, 6) is 1.23. The molecule has 3 heteroatoms. The van der Waals surface area contributed by atoms with Crippen molar-refractivity contribution in [3.05, 3.63) is 29.8 Å². The second-order valence-electron chi connectivity index (χ2n) is 6.17. The standard InChI is InChI=1S/C18H29NO2/c1-4-18(20,5-2)16-7-6-12-19-17(16)13-14-8-10-15(21-3)11-9-14/h8-11,16-17,19-20H,4-7,12-13H2,1-3H3/t16-,17-/m1/s1. The predicted octanol–water partition coefficient (Wildman–Crippen LogP) is 3.16. The zero-order chi connectivity index (χ0) is 15.3. The molecule has 0 saturated carbocycles. The fourth-order valence-electron chi connectivity index (χ4n) is 3.60. The zero-order valence-electron chi connectivity index (χ0n) is 13.6. The van der Waals surface area contributed by atoms with Gasteiger partial charge in [-0.05, 0) is 56.3 Å². The molecule has 21 heavy (non-hydrogen) atoms. The van der Waals surface area contributed by atoms with E-state index in [0.29, 0.717) is 12.0 Å². The number of hydrogen-bond acceptors (Lipinski definition) is 3. The van der Waals surface area contributed by atoms with Crippen LogP contribution in [0.25, 0.3) is 0 Å². The minimum atomic E-state index is -0.537. The fourth-order valence-corrected chi connectivity index (χ4v) is 3.60. The van der Waals surface area contributed by atoms with E-state index in [1.54, 1.807) is 7.11 Å². The predicted molar refractivity (Wildman–Crippen MR) is 86.7 cm³/mol. The van der Waals surface area contributed by atoms with Crippen LogP contribution in [0.15, 0.2) is 24.3 Å². The number of ether oxygens (including phenoxy) is 1. The van der Waals surface area contributed by atoms with Crippen LogP contribution in [-0.2, 0) is 6.42 Å². The number of hydrogen-bond donors (Lipinski definition) is 2. The van der Waals surface area contributed by atoms with Gasteiger partial charge >= 0.3 is 0 Å². The lowest BCUT2D eigenvalue weighted by atomic mass is 9.72. The van der Waals surface area contributed by atoms with Crippen LogP contribution in [-0.4, -0.2) is 30.4 Å². The third kappa shape index (κ3) is 3.78.